The first-order chi connectivity index (χ1) is 5.96. The van der Waals surface area contributed by atoms with Gasteiger partial charge in [0, 0.05) is 6.42 Å². The van der Waals surface area contributed by atoms with Crippen molar-refractivity contribution >= 4 is 11.8 Å². The summed E-state index contributed by atoms with van der Waals surface area (Å²) in [6.45, 7) is 7.20. The number of rotatable bonds is 5. The van der Waals surface area contributed by atoms with Gasteiger partial charge in [-0.05, 0) is 27.2 Å². The molecule has 0 aliphatic rings. The third-order valence-corrected chi connectivity index (χ3v) is 1.96. The van der Waals surface area contributed by atoms with E-state index in [4.69, 9.17) is 4.74 Å². The van der Waals surface area contributed by atoms with Gasteiger partial charge in [0.25, 0.3) is 0 Å². The van der Waals surface area contributed by atoms with Gasteiger partial charge >= 0.3 is 5.97 Å². The third kappa shape index (κ3) is 3.17. The number of carbonyl (C=O) groups is 2. The standard InChI is InChI=1S/C10H18O3/c1-5-7-8(11)10(3,4)9(12)13-6-2/h5-7H2,1-4H3. The normalized spacial score (nSPS) is 11.1. The molecular weight excluding hydrogens is 168 g/mol. The van der Waals surface area contributed by atoms with Crippen LogP contribution in [0.4, 0.5) is 0 Å². The van der Waals surface area contributed by atoms with E-state index in [1.807, 2.05) is 6.92 Å². The molecule has 0 aromatic rings. The minimum atomic E-state index is -0.980. The molecule has 0 aliphatic carbocycles. The molecule has 0 unspecified atom stereocenters. The molecular formula is C10H18O3. The quantitative estimate of drug-likeness (QED) is 0.487. The van der Waals surface area contributed by atoms with Crippen molar-refractivity contribution in [3.8, 4) is 0 Å². The van der Waals surface area contributed by atoms with Crippen LogP contribution in [-0.2, 0) is 14.3 Å². The number of esters is 1. The summed E-state index contributed by atoms with van der Waals surface area (Å²) in [5, 5.41) is 0. The van der Waals surface area contributed by atoms with Crippen LogP contribution in [-0.4, -0.2) is 18.4 Å². The maximum atomic E-state index is 11.5. The summed E-state index contributed by atoms with van der Waals surface area (Å²) in [5.41, 5.74) is -0.980. The smallest absolute Gasteiger partial charge is 0.319 e. The topological polar surface area (TPSA) is 43.4 Å². The van der Waals surface area contributed by atoms with Crippen molar-refractivity contribution in [3.63, 3.8) is 0 Å². The van der Waals surface area contributed by atoms with Crippen LogP contribution in [0.2, 0.25) is 0 Å². The maximum Gasteiger partial charge on any atom is 0.319 e. The van der Waals surface area contributed by atoms with Crippen molar-refractivity contribution < 1.29 is 14.3 Å². The van der Waals surface area contributed by atoms with Gasteiger partial charge in [0.15, 0.2) is 0 Å². The lowest BCUT2D eigenvalue weighted by molar-refractivity contribution is -0.157. The zero-order chi connectivity index (χ0) is 10.5. The second kappa shape index (κ2) is 5.00. The van der Waals surface area contributed by atoms with Crippen LogP contribution in [0.25, 0.3) is 0 Å². The highest BCUT2D eigenvalue weighted by Gasteiger charge is 2.36. The van der Waals surface area contributed by atoms with Crippen molar-refractivity contribution in [1.82, 2.24) is 0 Å². The van der Waals surface area contributed by atoms with Crippen LogP contribution >= 0.6 is 0 Å². The fraction of sp³-hybridized carbons (Fsp3) is 0.800. The summed E-state index contributed by atoms with van der Waals surface area (Å²) < 4.78 is 4.81. The Morgan fingerprint density at radius 2 is 1.77 bits per heavy atom. The number of ketones is 1. The average Bonchev–Trinajstić information content (AvgIpc) is 2.05. The van der Waals surface area contributed by atoms with Crippen molar-refractivity contribution in [1.29, 1.82) is 0 Å². The molecule has 13 heavy (non-hydrogen) atoms. The summed E-state index contributed by atoms with van der Waals surface area (Å²) in [4.78, 5) is 22.8. The van der Waals surface area contributed by atoms with Gasteiger partial charge in [0.1, 0.15) is 11.2 Å². The molecule has 0 saturated carbocycles. The Balaban J connectivity index is 4.36. The molecule has 0 saturated heterocycles. The monoisotopic (exact) mass is 186 g/mol. The fourth-order valence-corrected chi connectivity index (χ4v) is 0.965. The summed E-state index contributed by atoms with van der Waals surface area (Å²) in [6.07, 6.45) is 1.20. The van der Waals surface area contributed by atoms with Gasteiger partial charge in [-0.25, -0.2) is 0 Å². The van der Waals surface area contributed by atoms with Crippen molar-refractivity contribution in [3.05, 3.63) is 0 Å². The summed E-state index contributed by atoms with van der Waals surface area (Å²) >= 11 is 0. The van der Waals surface area contributed by atoms with Crippen LogP contribution < -0.4 is 0 Å². The zero-order valence-electron chi connectivity index (χ0n) is 8.85. The van der Waals surface area contributed by atoms with E-state index in [0.29, 0.717) is 13.0 Å². The second-order valence-corrected chi connectivity index (χ2v) is 3.52. The first kappa shape index (κ1) is 12.1. The van der Waals surface area contributed by atoms with Crippen LogP contribution in [0.3, 0.4) is 0 Å². The fourth-order valence-electron chi connectivity index (χ4n) is 0.965. The van der Waals surface area contributed by atoms with E-state index in [2.05, 4.69) is 0 Å². The molecule has 0 heterocycles. The lowest BCUT2D eigenvalue weighted by atomic mass is 9.86. The molecule has 0 aromatic heterocycles. The first-order valence-corrected chi connectivity index (χ1v) is 4.67. The summed E-state index contributed by atoms with van der Waals surface area (Å²) in [6, 6.07) is 0. The molecule has 76 valence electrons. The summed E-state index contributed by atoms with van der Waals surface area (Å²) in [5.74, 6) is -0.470. The third-order valence-electron chi connectivity index (χ3n) is 1.96. The molecule has 0 radical (unpaired) electrons. The van der Waals surface area contributed by atoms with Gasteiger partial charge in [-0.15, -0.1) is 0 Å². The SMILES string of the molecule is CCCC(=O)C(C)(C)C(=O)OCC. The van der Waals surface area contributed by atoms with Crippen LogP contribution in [0, 0.1) is 5.41 Å². The van der Waals surface area contributed by atoms with E-state index >= 15 is 0 Å². The van der Waals surface area contributed by atoms with E-state index in [9.17, 15) is 9.59 Å². The lowest BCUT2D eigenvalue weighted by Crippen LogP contribution is -2.34. The van der Waals surface area contributed by atoms with Crippen LogP contribution in [0.15, 0.2) is 0 Å². The molecule has 0 atom stereocenters. The number of hydrogen-bond donors (Lipinski definition) is 0. The maximum absolute atomic E-state index is 11.5. The van der Waals surface area contributed by atoms with Gasteiger partial charge in [-0.1, -0.05) is 6.92 Å². The number of carbonyl (C=O) groups excluding carboxylic acids is 2. The molecule has 0 bridgehead atoms. The zero-order valence-corrected chi connectivity index (χ0v) is 8.85. The minimum Gasteiger partial charge on any atom is -0.465 e. The predicted molar refractivity (Wildman–Crippen MR) is 50.3 cm³/mol. The van der Waals surface area contributed by atoms with Gasteiger partial charge in [0.05, 0.1) is 6.61 Å². The Morgan fingerprint density at radius 1 is 1.23 bits per heavy atom. The Bertz CT molecular complexity index is 174. The molecule has 3 nitrogen and oxygen atoms in total. The van der Waals surface area contributed by atoms with Crippen molar-refractivity contribution in [2.24, 2.45) is 5.41 Å². The minimum absolute atomic E-state index is 0.0477. The van der Waals surface area contributed by atoms with Gasteiger partial charge in [-0.3, -0.25) is 9.59 Å². The predicted octanol–water partition coefficient (Wildman–Crippen LogP) is 1.94. The highest BCUT2D eigenvalue weighted by molar-refractivity contribution is 6.02. The molecule has 0 spiro atoms. The molecule has 0 aromatic carbocycles. The Kier molecular flexibility index (Phi) is 4.67. The molecule has 0 fully saturated rings. The van der Waals surface area contributed by atoms with E-state index in [1.165, 1.54) is 0 Å². The molecule has 0 rings (SSSR count). The van der Waals surface area contributed by atoms with Gasteiger partial charge < -0.3 is 4.74 Å². The Hall–Kier alpha value is -0.860. The first-order valence-electron chi connectivity index (χ1n) is 4.67. The van der Waals surface area contributed by atoms with Gasteiger partial charge in [0.2, 0.25) is 0 Å². The van der Waals surface area contributed by atoms with Crippen LogP contribution in [0.5, 0.6) is 0 Å². The number of ether oxygens (including phenoxy) is 1. The largest absolute Gasteiger partial charge is 0.465 e. The number of Topliss-reactive ketones (excluding diaryl/α,β-unsaturated/α-hetero) is 1. The van der Waals surface area contributed by atoms with E-state index in [0.717, 1.165) is 6.42 Å². The Labute approximate surface area is 79.5 Å². The Morgan fingerprint density at radius 3 is 2.15 bits per heavy atom. The summed E-state index contributed by atoms with van der Waals surface area (Å²) in [7, 11) is 0. The average molecular weight is 186 g/mol. The highest BCUT2D eigenvalue weighted by Crippen LogP contribution is 2.21. The lowest BCUT2D eigenvalue weighted by Gasteiger charge is -2.20. The number of hydrogen-bond acceptors (Lipinski definition) is 3. The molecule has 3 heteroatoms. The van der Waals surface area contributed by atoms with Crippen LogP contribution in [0.1, 0.15) is 40.5 Å². The molecule has 0 N–H and O–H groups in total. The van der Waals surface area contributed by atoms with E-state index in [-0.39, 0.29) is 5.78 Å². The second-order valence-electron chi connectivity index (χ2n) is 3.52. The van der Waals surface area contributed by atoms with Crippen molar-refractivity contribution in [2.75, 3.05) is 6.61 Å². The van der Waals surface area contributed by atoms with Crippen molar-refractivity contribution in [2.45, 2.75) is 40.5 Å². The van der Waals surface area contributed by atoms with E-state index in [1.54, 1.807) is 20.8 Å². The van der Waals surface area contributed by atoms with E-state index < -0.39 is 11.4 Å². The molecule has 0 aliphatic heterocycles. The molecule has 0 amide bonds. The van der Waals surface area contributed by atoms with Gasteiger partial charge in [-0.2, -0.15) is 0 Å². The highest BCUT2D eigenvalue weighted by atomic mass is 16.5.